The van der Waals surface area contributed by atoms with Gasteiger partial charge in [0.1, 0.15) is 0 Å². The first kappa shape index (κ1) is 16.4. The van der Waals surface area contributed by atoms with Gasteiger partial charge in [0.05, 0.1) is 26.8 Å². The largest absolute Gasteiger partial charge is 0.416 e. The zero-order valence-corrected chi connectivity index (χ0v) is 13.2. The summed E-state index contributed by atoms with van der Waals surface area (Å²) in [6, 6.07) is 11.3. The third kappa shape index (κ3) is 3.23. The molecule has 1 unspecified atom stereocenters. The van der Waals surface area contributed by atoms with Crippen molar-refractivity contribution in [1.82, 2.24) is 10.1 Å². The molecule has 0 spiro atoms. The summed E-state index contributed by atoms with van der Waals surface area (Å²) in [5.74, 6) is 0.325. The van der Waals surface area contributed by atoms with E-state index in [0.29, 0.717) is 16.0 Å². The van der Waals surface area contributed by atoms with Crippen LogP contribution in [0.25, 0.3) is 22.8 Å². The minimum atomic E-state index is -4.40. The summed E-state index contributed by atoms with van der Waals surface area (Å²) in [6.07, 6.45) is -2.86. The van der Waals surface area contributed by atoms with Crippen molar-refractivity contribution in [3.63, 3.8) is 0 Å². The van der Waals surface area contributed by atoms with Gasteiger partial charge in [-0.15, -0.1) is 0 Å². The molecule has 4 nitrogen and oxygen atoms in total. The van der Waals surface area contributed by atoms with Gasteiger partial charge in [0.2, 0.25) is 5.82 Å². The van der Waals surface area contributed by atoms with Crippen molar-refractivity contribution in [2.75, 3.05) is 6.26 Å². The first-order valence-electron chi connectivity index (χ1n) is 6.80. The summed E-state index contributed by atoms with van der Waals surface area (Å²) in [5.41, 5.74) is 0.179. The van der Waals surface area contributed by atoms with Crippen molar-refractivity contribution in [1.29, 1.82) is 0 Å². The summed E-state index contributed by atoms with van der Waals surface area (Å²) < 4.78 is 54.7. The molecule has 1 atom stereocenters. The Labute approximate surface area is 137 Å². The molecule has 3 aromatic rings. The number of aromatic nitrogens is 2. The smallest absolute Gasteiger partial charge is 0.334 e. The average Bonchev–Trinajstić information content (AvgIpc) is 3.04. The van der Waals surface area contributed by atoms with Crippen LogP contribution in [-0.2, 0) is 17.0 Å². The van der Waals surface area contributed by atoms with Gasteiger partial charge in [-0.05, 0) is 24.3 Å². The fraction of sp³-hybridized carbons (Fsp3) is 0.125. The second kappa shape index (κ2) is 6.20. The molecule has 0 N–H and O–H groups in total. The van der Waals surface area contributed by atoms with E-state index in [1.165, 1.54) is 18.4 Å². The number of benzene rings is 2. The molecule has 3 rings (SSSR count). The van der Waals surface area contributed by atoms with Crippen LogP contribution < -0.4 is 0 Å². The monoisotopic (exact) mass is 352 g/mol. The predicted octanol–water partition coefficient (Wildman–Crippen LogP) is 4.16. The van der Waals surface area contributed by atoms with Crippen molar-refractivity contribution in [2.24, 2.45) is 0 Å². The molecule has 0 bridgehead atoms. The highest BCUT2D eigenvalue weighted by molar-refractivity contribution is 7.84. The molecule has 24 heavy (non-hydrogen) atoms. The Morgan fingerprint density at radius 1 is 1.04 bits per heavy atom. The van der Waals surface area contributed by atoms with Crippen molar-refractivity contribution >= 4 is 10.8 Å². The lowest BCUT2D eigenvalue weighted by molar-refractivity contribution is -0.137. The molecule has 2 aromatic carbocycles. The van der Waals surface area contributed by atoms with Crippen LogP contribution in [0.15, 0.2) is 57.9 Å². The maximum Gasteiger partial charge on any atom is 0.416 e. The SMILES string of the molecule is CS(=O)c1ccccc1-c1nc(-c2ccc(C(F)(F)F)cc2)no1. The second-order valence-electron chi connectivity index (χ2n) is 4.95. The Morgan fingerprint density at radius 2 is 1.71 bits per heavy atom. The van der Waals surface area contributed by atoms with E-state index in [2.05, 4.69) is 10.1 Å². The fourth-order valence-corrected chi connectivity index (χ4v) is 2.89. The van der Waals surface area contributed by atoms with E-state index in [1.807, 2.05) is 0 Å². The highest BCUT2D eigenvalue weighted by Gasteiger charge is 2.30. The number of hydrogen-bond acceptors (Lipinski definition) is 4. The maximum absolute atomic E-state index is 12.6. The van der Waals surface area contributed by atoms with Crippen LogP contribution in [0.5, 0.6) is 0 Å². The Hall–Kier alpha value is -2.48. The van der Waals surface area contributed by atoms with Gasteiger partial charge < -0.3 is 4.52 Å². The minimum Gasteiger partial charge on any atom is -0.334 e. The Bertz CT molecular complexity index is 889. The molecule has 0 aliphatic rings. The van der Waals surface area contributed by atoms with Crippen molar-refractivity contribution in [3.05, 3.63) is 54.1 Å². The first-order chi connectivity index (χ1) is 11.4. The van der Waals surface area contributed by atoms with Crippen molar-refractivity contribution in [3.8, 4) is 22.8 Å². The van der Waals surface area contributed by atoms with Gasteiger partial charge in [-0.25, -0.2) is 0 Å². The van der Waals surface area contributed by atoms with Gasteiger partial charge in [-0.2, -0.15) is 18.2 Å². The summed E-state index contributed by atoms with van der Waals surface area (Å²) in [6.45, 7) is 0. The summed E-state index contributed by atoms with van der Waals surface area (Å²) in [7, 11) is -1.24. The van der Waals surface area contributed by atoms with E-state index in [-0.39, 0.29) is 11.7 Å². The topological polar surface area (TPSA) is 56.0 Å². The summed E-state index contributed by atoms with van der Waals surface area (Å²) in [5, 5.41) is 3.79. The lowest BCUT2D eigenvalue weighted by atomic mass is 10.1. The Morgan fingerprint density at radius 3 is 2.33 bits per heavy atom. The van der Waals surface area contributed by atoms with Crippen LogP contribution in [0.1, 0.15) is 5.56 Å². The molecule has 0 aliphatic carbocycles. The zero-order chi connectivity index (χ0) is 17.3. The molecule has 1 aromatic heterocycles. The quantitative estimate of drug-likeness (QED) is 0.710. The molecule has 0 radical (unpaired) electrons. The maximum atomic E-state index is 12.6. The predicted molar refractivity (Wildman–Crippen MR) is 82.5 cm³/mol. The van der Waals surface area contributed by atoms with E-state index in [0.717, 1.165) is 12.1 Å². The van der Waals surface area contributed by atoms with Crippen LogP contribution in [0.2, 0.25) is 0 Å². The molecule has 1 heterocycles. The van der Waals surface area contributed by atoms with Crippen LogP contribution in [-0.4, -0.2) is 20.6 Å². The molecule has 0 fully saturated rings. The fourth-order valence-electron chi connectivity index (χ4n) is 2.15. The number of hydrogen-bond donors (Lipinski definition) is 0. The molecule has 8 heteroatoms. The first-order valence-corrected chi connectivity index (χ1v) is 8.36. The third-order valence-electron chi connectivity index (χ3n) is 3.32. The molecule has 0 saturated carbocycles. The van der Waals surface area contributed by atoms with Crippen LogP contribution in [0.4, 0.5) is 13.2 Å². The number of rotatable bonds is 3. The minimum absolute atomic E-state index is 0.162. The van der Waals surface area contributed by atoms with Gasteiger partial charge in [-0.3, -0.25) is 4.21 Å². The number of halogens is 3. The molecular weight excluding hydrogens is 341 g/mol. The van der Waals surface area contributed by atoms with Crippen LogP contribution >= 0.6 is 0 Å². The van der Waals surface area contributed by atoms with E-state index >= 15 is 0 Å². The third-order valence-corrected chi connectivity index (χ3v) is 4.30. The summed E-state index contributed by atoms with van der Waals surface area (Å²) in [4.78, 5) is 4.73. The summed E-state index contributed by atoms with van der Waals surface area (Å²) >= 11 is 0. The Balaban J connectivity index is 1.96. The Kier molecular flexibility index (Phi) is 4.23. The van der Waals surface area contributed by atoms with Gasteiger partial charge in [0, 0.05) is 11.8 Å². The molecule has 124 valence electrons. The van der Waals surface area contributed by atoms with E-state index < -0.39 is 22.5 Å². The van der Waals surface area contributed by atoms with Gasteiger partial charge in [0.15, 0.2) is 0 Å². The van der Waals surface area contributed by atoms with Crippen LogP contribution in [0, 0.1) is 0 Å². The normalized spacial score (nSPS) is 13.0. The van der Waals surface area contributed by atoms with E-state index in [4.69, 9.17) is 4.52 Å². The molecule has 0 aliphatic heterocycles. The van der Waals surface area contributed by atoms with E-state index in [1.54, 1.807) is 24.3 Å². The van der Waals surface area contributed by atoms with E-state index in [9.17, 15) is 17.4 Å². The highest BCUT2D eigenvalue weighted by atomic mass is 32.2. The number of alkyl halides is 3. The standard InChI is InChI=1S/C16H11F3N2O2S/c1-24(22)13-5-3-2-4-12(13)15-20-14(21-23-15)10-6-8-11(9-7-10)16(17,18)19/h2-9H,1H3. The van der Waals surface area contributed by atoms with Gasteiger partial charge >= 0.3 is 6.18 Å². The van der Waals surface area contributed by atoms with Crippen molar-refractivity contribution in [2.45, 2.75) is 11.1 Å². The molecule has 0 saturated heterocycles. The van der Waals surface area contributed by atoms with Gasteiger partial charge in [0.25, 0.3) is 5.89 Å². The highest BCUT2D eigenvalue weighted by Crippen LogP contribution is 2.31. The van der Waals surface area contributed by atoms with Gasteiger partial charge in [-0.1, -0.05) is 29.4 Å². The molecule has 0 amide bonds. The van der Waals surface area contributed by atoms with Crippen molar-refractivity contribution < 1.29 is 21.9 Å². The second-order valence-corrected chi connectivity index (χ2v) is 6.30. The zero-order valence-electron chi connectivity index (χ0n) is 12.4. The average molecular weight is 352 g/mol. The lowest BCUT2D eigenvalue weighted by Crippen LogP contribution is -2.04. The van der Waals surface area contributed by atoms with Crippen LogP contribution in [0.3, 0.4) is 0 Å². The molecular formula is C16H11F3N2O2S. The number of nitrogens with zero attached hydrogens (tertiary/aromatic N) is 2. The lowest BCUT2D eigenvalue weighted by Gasteiger charge is -2.05.